The van der Waals surface area contributed by atoms with Gasteiger partial charge in [0, 0.05) is 37.2 Å². The highest BCUT2D eigenvalue weighted by Crippen LogP contribution is 2.30. The van der Waals surface area contributed by atoms with E-state index in [1.54, 1.807) is 12.1 Å². The van der Waals surface area contributed by atoms with Crippen molar-refractivity contribution in [2.75, 3.05) is 24.2 Å². The quantitative estimate of drug-likeness (QED) is 0.371. The topological polar surface area (TPSA) is 129 Å². The summed E-state index contributed by atoms with van der Waals surface area (Å²) in [7, 11) is -3.72. The normalized spacial score (nSPS) is 11.3. The van der Waals surface area contributed by atoms with E-state index in [4.69, 9.17) is 5.26 Å². The number of azo groups is 1. The molecule has 0 fully saturated rings. The first kappa shape index (κ1) is 21.0. The second-order valence-corrected chi connectivity index (χ2v) is 7.87. The molecule has 0 aromatic heterocycles. The smallest absolute Gasteiger partial charge is 0.270 e. The van der Waals surface area contributed by atoms with Crippen LogP contribution in [0.3, 0.4) is 0 Å². The Morgan fingerprint density at radius 1 is 1.18 bits per heavy atom. The first-order valence-corrected chi connectivity index (χ1v) is 10.3. The average molecular weight is 401 g/mol. The van der Waals surface area contributed by atoms with Gasteiger partial charge in [0.15, 0.2) is 9.84 Å². The fourth-order valence-electron chi connectivity index (χ4n) is 2.49. The molecule has 9 nitrogen and oxygen atoms in total. The molecule has 0 saturated carbocycles. The molecular weight excluding hydrogens is 382 g/mol. The number of nitrogens with zero attached hydrogens (tertiary/aromatic N) is 5. The van der Waals surface area contributed by atoms with Crippen LogP contribution >= 0.6 is 0 Å². The highest BCUT2D eigenvalue weighted by Gasteiger charge is 2.18. The SMILES string of the molecule is CCN(CCC#N)c1ccc(N=Nc2ccc([N+](=O)[O-])cc2S(C)(=O)=O)cc1. The summed E-state index contributed by atoms with van der Waals surface area (Å²) in [6.45, 7) is 3.36. The maximum absolute atomic E-state index is 11.9. The fraction of sp³-hybridized carbons (Fsp3) is 0.278. The Labute approximate surface area is 163 Å². The Kier molecular flexibility index (Phi) is 6.79. The molecule has 2 aromatic carbocycles. The molecule has 0 heterocycles. The van der Waals surface area contributed by atoms with Gasteiger partial charge in [0.2, 0.25) is 0 Å². The molecule has 2 aromatic rings. The van der Waals surface area contributed by atoms with Gasteiger partial charge in [-0.25, -0.2) is 8.42 Å². The minimum atomic E-state index is -3.72. The monoisotopic (exact) mass is 401 g/mol. The number of rotatable bonds is 8. The third kappa shape index (κ3) is 5.34. The van der Waals surface area contributed by atoms with E-state index in [0.29, 0.717) is 18.7 Å². The van der Waals surface area contributed by atoms with Crippen molar-refractivity contribution in [2.24, 2.45) is 10.2 Å². The Bertz CT molecular complexity index is 1030. The largest absolute Gasteiger partial charge is 0.371 e. The van der Waals surface area contributed by atoms with Gasteiger partial charge in [0.25, 0.3) is 5.69 Å². The van der Waals surface area contributed by atoms with Crippen molar-refractivity contribution >= 4 is 32.6 Å². The highest BCUT2D eigenvalue weighted by atomic mass is 32.2. The van der Waals surface area contributed by atoms with Crippen LogP contribution in [0.1, 0.15) is 13.3 Å². The molecule has 0 atom stereocenters. The Balaban J connectivity index is 2.29. The first-order valence-electron chi connectivity index (χ1n) is 8.38. The van der Waals surface area contributed by atoms with E-state index in [9.17, 15) is 18.5 Å². The number of sulfone groups is 1. The molecule has 0 spiro atoms. The Hall–Kier alpha value is -3.32. The van der Waals surface area contributed by atoms with Gasteiger partial charge in [-0.3, -0.25) is 10.1 Å². The van der Waals surface area contributed by atoms with Gasteiger partial charge in [-0.2, -0.15) is 10.4 Å². The molecule has 0 aliphatic rings. The van der Waals surface area contributed by atoms with Gasteiger partial charge in [-0.05, 0) is 37.3 Å². The van der Waals surface area contributed by atoms with Crippen molar-refractivity contribution in [3.05, 3.63) is 52.6 Å². The zero-order chi connectivity index (χ0) is 20.7. The van der Waals surface area contributed by atoms with Crippen molar-refractivity contribution < 1.29 is 13.3 Å². The molecule has 0 saturated heterocycles. The summed E-state index contributed by atoms with van der Waals surface area (Å²) < 4.78 is 23.9. The van der Waals surface area contributed by atoms with E-state index in [2.05, 4.69) is 16.3 Å². The minimum absolute atomic E-state index is 0.0291. The lowest BCUT2D eigenvalue weighted by atomic mass is 10.2. The maximum atomic E-state index is 11.9. The molecular formula is C18H19N5O4S. The molecule has 10 heteroatoms. The van der Waals surface area contributed by atoms with Crippen molar-refractivity contribution in [2.45, 2.75) is 18.2 Å². The second kappa shape index (κ2) is 9.05. The minimum Gasteiger partial charge on any atom is -0.371 e. The lowest BCUT2D eigenvalue weighted by molar-refractivity contribution is -0.385. The van der Waals surface area contributed by atoms with E-state index < -0.39 is 14.8 Å². The summed E-state index contributed by atoms with van der Waals surface area (Å²) in [5.41, 5.74) is 1.13. The molecule has 0 bridgehead atoms. The first-order chi connectivity index (χ1) is 13.3. The van der Waals surface area contributed by atoms with Crippen molar-refractivity contribution in [3.8, 4) is 6.07 Å². The van der Waals surface area contributed by atoms with Gasteiger partial charge in [-0.1, -0.05) is 0 Å². The summed E-state index contributed by atoms with van der Waals surface area (Å²) >= 11 is 0. The Morgan fingerprint density at radius 2 is 1.86 bits per heavy atom. The van der Waals surface area contributed by atoms with Crippen LogP contribution in [-0.2, 0) is 9.84 Å². The van der Waals surface area contributed by atoms with Gasteiger partial charge in [0.1, 0.15) is 10.6 Å². The average Bonchev–Trinajstić information content (AvgIpc) is 2.67. The van der Waals surface area contributed by atoms with Crippen LogP contribution in [0, 0.1) is 21.4 Å². The predicted molar refractivity (Wildman–Crippen MR) is 105 cm³/mol. The third-order valence-electron chi connectivity index (χ3n) is 3.92. The van der Waals surface area contributed by atoms with Gasteiger partial charge >= 0.3 is 0 Å². The predicted octanol–water partition coefficient (Wildman–Crippen LogP) is 4.15. The van der Waals surface area contributed by atoms with Crippen molar-refractivity contribution in [1.29, 1.82) is 5.26 Å². The molecule has 0 unspecified atom stereocenters. The van der Waals surface area contributed by atoms with E-state index in [1.807, 2.05) is 24.0 Å². The van der Waals surface area contributed by atoms with E-state index in [1.165, 1.54) is 12.1 Å². The number of anilines is 1. The third-order valence-corrected chi connectivity index (χ3v) is 5.04. The summed E-state index contributed by atoms with van der Waals surface area (Å²) in [4.78, 5) is 12.0. The van der Waals surface area contributed by atoms with Crippen LogP contribution < -0.4 is 4.90 Å². The van der Waals surface area contributed by atoms with Gasteiger partial charge < -0.3 is 4.90 Å². The molecule has 0 aliphatic carbocycles. The lowest BCUT2D eigenvalue weighted by Gasteiger charge is -2.21. The molecule has 0 N–H and O–H groups in total. The van der Waals surface area contributed by atoms with Gasteiger partial charge in [-0.15, -0.1) is 5.11 Å². The summed E-state index contributed by atoms with van der Waals surface area (Å²) in [6, 6.07) is 12.6. The number of nitriles is 1. The number of nitro groups is 1. The number of hydrogen-bond acceptors (Lipinski definition) is 8. The summed E-state index contributed by atoms with van der Waals surface area (Å²) in [5, 5.41) is 27.6. The Morgan fingerprint density at radius 3 is 2.39 bits per heavy atom. The molecule has 0 amide bonds. The second-order valence-electron chi connectivity index (χ2n) is 5.89. The van der Waals surface area contributed by atoms with Crippen LogP contribution in [0.25, 0.3) is 0 Å². The molecule has 2 rings (SSSR count). The molecule has 28 heavy (non-hydrogen) atoms. The fourth-order valence-corrected chi connectivity index (χ4v) is 3.32. The zero-order valence-corrected chi connectivity index (χ0v) is 16.3. The number of benzene rings is 2. The van der Waals surface area contributed by atoms with E-state index in [0.717, 1.165) is 24.6 Å². The van der Waals surface area contributed by atoms with Crippen molar-refractivity contribution in [3.63, 3.8) is 0 Å². The molecule has 0 aliphatic heterocycles. The van der Waals surface area contributed by atoms with Crippen molar-refractivity contribution in [1.82, 2.24) is 0 Å². The summed E-state index contributed by atoms with van der Waals surface area (Å²) in [5.74, 6) is 0. The molecule has 146 valence electrons. The van der Waals surface area contributed by atoms with Crippen LogP contribution in [0.2, 0.25) is 0 Å². The maximum Gasteiger partial charge on any atom is 0.270 e. The van der Waals surface area contributed by atoms with Crippen LogP contribution in [0.4, 0.5) is 22.7 Å². The lowest BCUT2D eigenvalue weighted by Crippen LogP contribution is -2.23. The zero-order valence-electron chi connectivity index (χ0n) is 15.4. The van der Waals surface area contributed by atoms with E-state index >= 15 is 0 Å². The van der Waals surface area contributed by atoms with E-state index in [-0.39, 0.29) is 16.3 Å². The standard InChI is InChI=1S/C18H19N5O4S/c1-3-22(12-4-11-19)15-7-5-14(6-8-15)20-21-17-10-9-16(23(24)25)13-18(17)28(2,26)27/h5-10,13H,3-4,12H2,1-2H3. The number of non-ortho nitro benzene ring substituents is 1. The number of nitro benzene ring substituents is 1. The highest BCUT2D eigenvalue weighted by molar-refractivity contribution is 7.90. The van der Waals surface area contributed by atoms with Crippen LogP contribution in [0.5, 0.6) is 0 Å². The van der Waals surface area contributed by atoms with Crippen LogP contribution in [0.15, 0.2) is 57.6 Å². The van der Waals surface area contributed by atoms with Gasteiger partial charge in [0.05, 0.1) is 23.1 Å². The summed E-state index contributed by atoms with van der Waals surface area (Å²) in [6.07, 6.45) is 1.38. The molecule has 0 radical (unpaired) electrons. The number of hydrogen-bond donors (Lipinski definition) is 0. The van der Waals surface area contributed by atoms with Crippen LogP contribution in [-0.4, -0.2) is 32.7 Å².